The summed E-state index contributed by atoms with van der Waals surface area (Å²) >= 11 is 1.52. The Morgan fingerprint density at radius 3 is 2.39 bits per heavy atom. The van der Waals surface area contributed by atoms with Crippen LogP contribution in [0.1, 0.15) is 32.5 Å². The molecule has 0 spiro atoms. The molecule has 0 radical (unpaired) electrons. The van der Waals surface area contributed by atoms with Crippen LogP contribution in [0.3, 0.4) is 0 Å². The molecule has 1 saturated heterocycles. The van der Waals surface area contributed by atoms with Crippen molar-refractivity contribution in [2.75, 3.05) is 26.2 Å². The molecule has 1 fully saturated rings. The number of hydrogen-bond acceptors (Lipinski definition) is 5. The average molecular weight is 456 g/mol. The molecule has 166 valence electrons. The largest absolute Gasteiger partial charge is 0.335 e. The van der Waals surface area contributed by atoms with Crippen LogP contribution >= 0.6 is 11.3 Å². The Balaban J connectivity index is 1.30. The van der Waals surface area contributed by atoms with Gasteiger partial charge in [0.25, 0.3) is 5.91 Å². The second-order valence-corrected chi connectivity index (χ2v) is 9.36. The van der Waals surface area contributed by atoms with Crippen LogP contribution in [-0.2, 0) is 6.54 Å². The number of aromatic nitrogens is 2. The Labute approximate surface area is 197 Å². The molecule has 0 saturated carbocycles. The summed E-state index contributed by atoms with van der Waals surface area (Å²) in [5.74, 6) is 0.0646. The van der Waals surface area contributed by atoms with E-state index < -0.39 is 0 Å². The topological polar surface area (TPSA) is 65.2 Å². The van der Waals surface area contributed by atoms with Crippen molar-refractivity contribution < 1.29 is 4.79 Å². The van der Waals surface area contributed by atoms with Gasteiger partial charge in [0, 0.05) is 31.6 Å². The van der Waals surface area contributed by atoms with E-state index in [0.717, 1.165) is 26.4 Å². The molecule has 1 unspecified atom stereocenters. The van der Waals surface area contributed by atoms with Crippen LogP contribution in [0.25, 0.3) is 10.2 Å². The van der Waals surface area contributed by atoms with Crippen LogP contribution in [0.15, 0.2) is 66.7 Å². The number of nitriles is 1. The smallest absolute Gasteiger partial charge is 0.264 e. The minimum atomic E-state index is -0.278. The second kappa shape index (κ2) is 9.18. The van der Waals surface area contributed by atoms with Crippen LogP contribution in [0.4, 0.5) is 0 Å². The Bertz CT molecular complexity index is 1300. The highest BCUT2D eigenvalue weighted by atomic mass is 32.1. The lowest BCUT2D eigenvalue weighted by atomic mass is 10.1. The molecule has 0 bridgehead atoms. The number of carbonyl (C=O) groups excluding carboxylic acids is 1. The third kappa shape index (κ3) is 4.28. The maximum absolute atomic E-state index is 13.3. The summed E-state index contributed by atoms with van der Waals surface area (Å²) in [6, 6.07) is 24.2. The SMILES string of the molecule is Cc1nn(Cc2ccccc2)c2sc(C(=O)N3CCN(C(C#N)c4ccccc4)CC3)cc12. The van der Waals surface area contributed by atoms with Crippen molar-refractivity contribution in [2.45, 2.75) is 19.5 Å². The number of piperazine rings is 1. The van der Waals surface area contributed by atoms with Crippen LogP contribution < -0.4 is 0 Å². The van der Waals surface area contributed by atoms with Gasteiger partial charge < -0.3 is 4.90 Å². The molecule has 5 rings (SSSR count). The van der Waals surface area contributed by atoms with E-state index in [1.54, 1.807) is 0 Å². The van der Waals surface area contributed by atoms with Crippen LogP contribution in [0, 0.1) is 18.3 Å². The van der Waals surface area contributed by atoms with E-state index in [2.05, 4.69) is 23.1 Å². The van der Waals surface area contributed by atoms with Gasteiger partial charge in [-0.05, 0) is 24.1 Å². The highest BCUT2D eigenvalue weighted by Crippen LogP contribution is 2.30. The Morgan fingerprint density at radius 2 is 1.73 bits per heavy atom. The molecule has 1 atom stereocenters. The van der Waals surface area contributed by atoms with E-state index in [0.29, 0.717) is 32.7 Å². The maximum Gasteiger partial charge on any atom is 0.264 e. The summed E-state index contributed by atoms with van der Waals surface area (Å²) in [6.07, 6.45) is 0. The van der Waals surface area contributed by atoms with E-state index >= 15 is 0 Å². The summed E-state index contributed by atoms with van der Waals surface area (Å²) in [5.41, 5.74) is 3.13. The minimum absolute atomic E-state index is 0.0646. The molecule has 7 heteroatoms. The molecule has 0 aliphatic carbocycles. The van der Waals surface area contributed by atoms with Crippen molar-refractivity contribution in [1.29, 1.82) is 5.26 Å². The van der Waals surface area contributed by atoms with Crippen molar-refractivity contribution in [3.63, 3.8) is 0 Å². The van der Waals surface area contributed by atoms with Crippen molar-refractivity contribution in [3.8, 4) is 6.07 Å². The minimum Gasteiger partial charge on any atom is -0.335 e. The van der Waals surface area contributed by atoms with E-state index in [1.165, 1.54) is 16.9 Å². The van der Waals surface area contributed by atoms with Crippen LogP contribution in [0.5, 0.6) is 0 Å². The third-order valence-electron chi connectivity index (χ3n) is 6.20. The normalized spacial score (nSPS) is 15.5. The quantitative estimate of drug-likeness (QED) is 0.445. The zero-order chi connectivity index (χ0) is 22.8. The molecule has 2 aromatic carbocycles. The first-order valence-electron chi connectivity index (χ1n) is 11.1. The number of hydrogen-bond donors (Lipinski definition) is 0. The van der Waals surface area contributed by atoms with Crippen LogP contribution in [0.2, 0.25) is 0 Å². The lowest BCUT2D eigenvalue weighted by molar-refractivity contribution is 0.0611. The molecule has 33 heavy (non-hydrogen) atoms. The van der Waals surface area contributed by atoms with Gasteiger partial charge >= 0.3 is 0 Å². The molecule has 2 aromatic heterocycles. The van der Waals surface area contributed by atoms with Crippen molar-refractivity contribution in [1.82, 2.24) is 19.6 Å². The van der Waals surface area contributed by atoms with Gasteiger partial charge in [0.2, 0.25) is 0 Å². The summed E-state index contributed by atoms with van der Waals surface area (Å²) in [4.78, 5) is 19.1. The van der Waals surface area contributed by atoms with Gasteiger partial charge in [-0.3, -0.25) is 14.4 Å². The molecule has 0 N–H and O–H groups in total. The Hall–Kier alpha value is -3.47. The van der Waals surface area contributed by atoms with Gasteiger partial charge in [-0.1, -0.05) is 60.7 Å². The van der Waals surface area contributed by atoms with Gasteiger partial charge in [0.15, 0.2) is 0 Å². The molecule has 1 aliphatic rings. The summed E-state index contributed by atoms with van der Waals surface area (Å²) < 4.78 is 2.00. The first-order chi connectivity index (χ1) is 16.1. The van der Waals surface area contributed by atoms with Crippen molar-refractivity contribution in [3.05, 3.63) is 88.4 Å². The second-order valence-electron chi connectivity index (χ2n) is 8.33. The molecule has 3 heterocycles. The van der Waals surface area contributed by atoms with Crippen molar-refractivity contribution >= 4 is 27.5 Å². The van der Waals surface area contributed by atoms with Crippen molar-refractivity contribution in [2.24, 2.45) is 0 Å². The highest BCUT2D eigenvalue weighted by Gasteiger charge is 2.28. The molecule has 6 nitrogen and oxygen atoms in total. The number of fused-ring (bicyclic) bond motifs is 1. The molecular weight excluding hydrogens is 430 g/mol. The number of benzene rings is 2. The first-order valence-corrected chi connectivity index (χ1v) is 11.9. The zero-order valence-electron chi connectivity index (χ0n) is 18.5. The van der Waals surface area contributed by atoms with E-state index in [9.17, 15) is 10.1 Å². The molecule has 4 aromatic rings. The number of amides is 1. The first kappa shape index (κ1) is 21.4. The third-order valence-corrected chi connectivity index (χ3v) is 7.33. The van der Waals surface area contributed by atoms with Gasteiger partial charge in [-0.15, -0.1) is 11.3 Å². The summed E-state index contributed by atoms with van der Waals surface area (Å²) in [5, 5.41) is 15.5. The maximum atomic E-state index is 13.3. The fourth-order valence-electron chi connectivity index (χ4n) is 4.42. The molecule has 1 amide bonds. The van der Waals surface area contributed by atoms with Gasteiger partial charge in [0.1, 0.15) is 10.9 Å². The predicted octanol–water partition coefficient (Wildman–Crippen LogP) is 4.48. The number of thiophene rings is 1. The fraction of sp³-hybridized carbons (Fsp3) is 0.269. The average Bonchev–Trinajstić information content (AvgIpc) is 3.42. The lowest BCUT2D eigenvalue weighted by Crippen LogP contribution is -2.49. The summed E-state index contributed by atoms with van der Waals surface area (Å²) in [6.45, 7) is 5.29. The fourth-order valence-corrected chi connectivity index (χ4v) is 5.55. The van der Waals surface area contributed by atoms with E-state index in [-0.39, 0.29) is 11.9 Å². The Kier molecular flexibility index (Phi) is 5.95. The van der Waals surface area contributed by atoms with Gasteiger partial charge in [-0.2, -0.15) is 10.4 Å². The van der Waals surface area contributed by atoms with E-state index in [4.69, 9.17) is 5.10 Å². The monoisotopic (exact) mass is 455 g/mol. The molecule has 1 aliphatic heterocycles. The standard InChI is InChI=1S/C26H25N5OS/c1-19-22-16-24(33-26(22)31(28-19)18-20-8-4-2-5-9-20)25(32)30-14-12-29(13-15-30)23(17-27)21-10-6-3-7-11-21/h2-11,16,23H,12-15,18H2,1H3. The predicted molar refractivity (Wildman–Crippen MR) is 130 cm³/mol. The number of aryl methyl sites for hydroxylation is 1. The number of nitrogens with zero attached hydrogens (tertiary/aromatic N) is 5. The lowest BCUT2D eigenvalue weighted by Gasteiger charge is -2.36. The number of rotatable bonds is 5. The zero-order valence-corrected chi connectivity index (χ0v) is 19.3. The van der Waals surface area contributed by atoms with Crippen LogP contribution in [-0.4, -0.2) is 51.7 Å². The Morgan fingerprint density at radius 1 is 1.06 bits per heavy atom. The number of carbonyl (C=O) groups is 1. The van der Waals surface area contributed by atoms with Gasteiger partial charge in [0.05, 0.1) is 23.2 Å². The molecular formula is C26H25N5OS. The summed E-state index contributed by atoms with van der Waals surface area (Å²) in [7, 11) is 0. The van der Waals surface area contributed by atoms with E-state index in [1.807, 2.05) is 71.1 Å². The highest BCUT2D eigenvalue weighted by molar-refractivity contribution is 7.20. The van der Waals surface area contributed by atoms with Gasteiger partial charge in [-0.25, -0.2) is 0 Å².